The molecule has 1 unspecified atom stereocenters. The van der Waals surface area contributed by atoms with Gasteiger partial charge in [-0.1, -0.05) is 0 Å². The molecule has 1 aromatic rings. The maximum Gasteiger partial charge on any atom is 0.254 e. The van der Waals surface area contributed by atoms with Gasteiger partial charge in [-0.25, -0.2) is 0 Å². The van der Waals surface area contributed by atoms with Crippen molar-refractivity contribution in [3.63, 3.8) is 0 Å². The molecular formula is C13H18N2O2. The average molecular weight is 234 g/mol. The van der Waals surface area contributed by atoms with Crippen LogP contribution in [0.3, 0.4) is 0 Å². The van der Waals surface area contributed by atoms with Gasteiger partial charge in [-0.2, -0.15) is 0 Å². The number of piperidine rings is 1. The third-order valence-corrected chi connectivity index (χ3v) is 3.32. The van der Waals surface area contributed by atoms with Crippen molar-refractivity contribution in [1.29, 1.82) is 0 Å². The Labute approximate surface area is 101 Å². The first-order valence-electron chi connectivity index (χ1n) is 5.91. The number of hydrogen-bond donors (Lipinski definition) is 1. The maximum absolute atomic E-state index is 12.3. The van der Waals surface area contributed by atoms with Crippen molar-refractivity contribution in [2.45, 2.75) is 38.3 Å². The van der Waals surface area contributed by atoms with Gasteiger partial charge in [0.2, 0.25) is 0 Å². The lowest BCUT2D eigenvalue weighted by atomic mass is 9.88. The van der Waals surface area contributed by atoms with Crippen LogP contribution >= 0.6 is 0 Å². The number of hydrogen-bond acceptors (Lipinski definition) is 3. The molecule has 1 N–H and O–H groups in total. The Bertz CT molecular complexity index is 403. The molecule has 1 amide bonds. The van der Waals surface area contributed by atoms with Crippen LogP contribution in [0.2, 0.25) is 0 Å². The van der Waals surface area contributed by atoms with Gasteiger partial charge < -0.3 is 10.0 Å². The van der Waals surface area contributed by atoms with Crippen LogP contribution < -0.4 is 0 Å². The smallest absolute Gasteiger partial charge is 0.254 e. The van der Waals surface area contributed by atoms with Crippen molar-refractivity contribution in [3.8, 4) is 0 Å². The third-order valence-electron chi connectivity index (χ3n) is 3.32. The van der Waals surface area contributed by atoms with E-state index < -0.39 is 0 Å². The van der Waals surface area contributed by atoms with Gasteiger partial charge in [0.15, 0.2) is 0 Å². The highest BCUT2D eigenvalue weighted by molar-refractivity contribution is 5.94. The van der Waals surface area contributed by atoms with Crippen LogP contribution in [0.15, 0.2) is 24.5 Å². The normalized spacial score (nSPS) is 23.5. The minimum Gasteiger partial charge on any atom is -0.393 e. The first kappa shape index (κ1) is 12.0. The van der Waals surface area contributed by atoms with Crippen molar-refractivity contribution in [1.82, 2.24) is 9.88 Å². The van der Waals surface area contributed by atoms with E-state index in [9.17, 15) is 9.90 Å². The quantitative estimate of drug-likeness (QED) is 0.800. The molecule has 92 valence electrons. The molecule has 0 saturated carbocycles. The van der Waals surface area contributed by atoms with Gasteiger partial charge in [0.25, 0.3) is 5.91 Å². The van der Waals surface area contributed by atoms with Crippen LogP contribution in [-0.4, -0.2) is 39.1 Å². The number of nitrogens with zero attached hydrogens (tertiary/aromatic N) is 2. The molecule has 4 heteroatoms. The Kier molecular flexibility index (Phi) is 3.15. The number of amides is 1. The molecule has 2 heterocycles. The van der Waals surface area contributed by atoms with Crippen molar-refractivity contribution in [3.05, 3.63) is 30.1 Å². The van der Waals surface area contributed by atoms with Crippen LogP contribution in [0, 0.1) is 0 Å². The van der Waals surface area contributed by atoms with E-state index in [2.05, 4.69) is 4.98 Å². The lowest BCUT2D eigenvalue weighted by molar-refractivity contribution is 0.00329. The van der Waals surface area contributed by atoms with Gasteiger partial charge in [-0.15, -0.1) is 0 Å². The van der Waals surface area contributed by atoms with E-state index in [4.69, 9.17) is 0 Å². The molecule has 0 bridgehead atoms. The maximum atomic E-state index is 12.3. The van der Waals surface area contributed by atoms with Crippen molar-refractivity contribution < 1.29 is 9.90 Å². The second-order valence-electron chi connectivity index (χ2n) is 5.15. The largest absolute Gasteiger partial charge is 0.393 e. The van der Waals surface area contributed by atoms with Crippen molar-refractivity contribution >= 4 is 5.91 Å². The molecule has 1 aliphatic heterocycles. The zero-order valence-electron chi connectivity index (χ0n) is 10.3. The zero-order chi connectivity index (χ0) is 12.5. The van der Waals surface area contributed by atoms with E-state index in [1.807, 2.05) is 18.7 Å². The molecule has 1 fully saturated rings. The first-order valence-corrected chi connectivity index (χ1v) is 5.91. The third kappa shape index (κ3) is 2.47. The van der Waals surface area contributed by atoms with E-state index >= 15 is 0 Å². The predicted octanol–water partition coefficient (Wildman–Crippen LogP) is 1.46. The zero-order valence-corrected chi connectivity index (χ0v) is 10.3. The minimum atomic E-state index is -0.300. The molecule has 0 aliphatic carbocycles. The standard InChI is InChI=1S/C13H18N2O2/c1-13(2)9-11(16)5-8-15(13)12(17)10-3-6-14-7-4-10/h3-4,6-7,11,16H,5,8-9H2,1-2H3. The van der Waals surface area contributed by atoms with Gasteiger partial charge in [0, 0.05) is 30.0 Å². The number of likely N-dealkylation sites (tertiary alicyclic amines) is 1. The SMILES string of the molecule is CC1(C)CC(O)CCN1C(=O)c1ccncc1. The number of carbonyl (C=O) groups is 1. The molecule has 2 rings (SSSR count). The highest BCUT2D eigenvalue weighted by atomic mass is 16.3. The van der Waals surface area contributed by atoms with E-state index in [0.717, 1.165) is 0 Å². The van der Waals surface area contributed by atoms with Crippen LogP contribution in [0.25, 0.3) is 0 Å². The summed E-state index contributed by atoms with van der Waals surface area (Å²) in [5.41, 5.74) is 0.363. The van der Waals surface area contributed by atoms with Crippen molar-refractivity contribution in [2.24, 2.45) is 0 Å². The summed E-state index contributed by atoms with van der Waals surface area (Å²) in [6, 6.07) is 3.45. The van der Waals surface area contributed by atoms with Crippen LogP contribution in [0.4, 0.5) is 0 Å². The Morgan fingerprint density at radius 1 is 1.47 bits per heavy atom. The predicted molar refractivity (Wildman–Crippen MR) is 64.6 cm³/mol. The topological polar surface area (TPSA) is 53.4 Å². The summed E-state index contributed by atoms with van der Waals surface area (Å²) in [5.74, 6) is 0.0179. The summed E-state index contributed by atoms with van der Waals surface area (Å²) in [5, 5.41) is 9.67. The molecule has 4 nitrogen and oxygen atoms in total. The summed E-state index contributed by atoms with van der Waals surface area (Å²) in [6.07, 6.45) is 4.23. The van der Waals surface area contributed by atoms with Crippen LogP contribution in [-0.2, 0) is 0 Å². The summed E-state index contributed by atoms with van der Waals surface area (Å²) in [4.78, 5) is 18.1. The van der Waals surface area contributed by atoms with Crippen molar-refractivity contribution in [2.75, 3.05) is 6.54 Å². The molecule has 1 aliphatic rings. The molecular weight excluding hydrogens is 216 g/mol. The summed E-state index contributed by atoms with van der Waals surface area (Å²) >= 11 is 0. The average Bonchev–Trinajstić information content (AvgIpc) is 2.28. The van der Waals surface area contributed by atoms with Crippen LogP contribution in [0.5, 0.6) is 0 Å². The number of aliphatic hydroxyl groups is 1. The summed E-state index contributed by atoms with van der Waals surface area (Å²) in [6.45, 7) is 4.60. The van der Waals surface area contributed by atoms with E-state index in [1.165, 1.54) is 0 Å². The van der Waals surface area contributed by atoms with Gasteiger partial charge in [-0.3, -0.25) is 9.78 Å². The summed E-state index contributed by atoms with van der Waals surface area (Å²) in [7, 11) is 0. The molecule has 17 heavy (non-hydrogen) atoms. The first-order chi connectivity index (χ1) is 8.00. The Balaban J connectivity index is 2.20. The molecule has 1 atom stereocenters. The number of rotatable bonds is 1. The lowest BCUT2D eigenvalue weighted by Gasteiger charge is -2.44. The second-order valence-corrected chi connectivity index (χ2v) is 5.15. The molecule has 0 radical (unpaired) electrons. The highest BCUT2D eigenvalue weighted by Crippen LogP contribution is 2.28. The Hall–Kier alpha value is -1.42. The monoisotopic (exact) mass is 234 g/mol. The Morgan fingerprint density at radius 3 is 2.71 bits per heavy atom. The highest BCUT2D eigenvalue weighted by Gasteiger charge is 2.37. The summed E-state index contributed by atoms with van der Waals surface area (Å²) < 4.78 is 0. The fourth-order valence-corrected chi connectivity index (χ4v) is 2.40. The van der Waals surface area contributed by atoms with E-state index in [0.29, 0.717) is 24.9 Å². The second kappa shape index (κ2) is 4.45. The van der Waals surface area contributed by atoms with Gasteiger partial charge in [0.05, 0.1) is 6.10 Å². The van der Waals surface area contributed by atoms with Gasteiger partial charge in [-0.05, 0) is 38.8 Å². The van der Waals surface area contributed by atoms with E-state index in [1.54, 1.807) is 24.5 Å². The number of aliphatic hydroxyl groups excluding tert-OH is 1. The molecule has 0 aromatic carbocycles. The minimum absolute atomic E-state index is 0.0179. The molecule has 1 aromatic heterocycles. The van der Waals surface area contributed by atoms with Gasteiger partial charge >= 0.3 is 0 Å². The number of carbonyl (C=O) groups excluding carboxylic acids is 1. The fraction of sp³-hybridized carbons (Fsp3) is 0.538. The Morgan fingerprint density at radius 2 is 2.12 bits per heavy atom. The van der Waals surface area contributed by atoms with E-state index in [-0.39, 0.29) is 17.6 Å². The molecule has 1 saturated heterocycles. The molecule has 0 spiro atoms. The number of pyridine rings is 1. The fourth-order valence-electron chi connectivity index (χ4n) is 2.40. The lowest BCUT2D eigenvalue weighted by Crippen LogP contribution is -2.54. The van der Waals surface area contributed by atoms with Gasteiger partial charge in [0.1, 0.15) is 0 Å². The number of aromatic nitrogens is 1. The van der Waals surface area contributed by atoms with Crippen LogP contribution in [0.1, 0.15) is 37.0 Å².